The van der Waals surface area contributed by atoms with Gasteiger partial charge in [-0.1, -0.05) is 13.8 Å². The third-order valence-electron chi connectivity index (χ3n) is 2.30. The second-order valence-corrected chi connectivity index (χ2v) is 4.25. The average Bonchev–Trinajstić information content (AvgIpc) is 2.83. The molecule has 0 spiro atoms. The molecule has 3 nitrogen and oxygen atoms in total. The zero-order valence-electron chi connectivity index (χ0n) is 8.76. The highest BCUT2D eigenvalue weighted by atomic mass is 16.2. The van der Waals surface area contributed by atoms with Crippen molar-refractivity contribution in [3.05, 3.63) is 0 Å². The Morgan fingerprint density at radius 1 is 1.46 bits per heavy atom. The Hall–Kier alpha value is -0.570. The van der Waals surface area contributed by atoms with Crippen molar-refractivity contribution in [1.82, 2.24) is 10.6 Å². The summed E-state index contributed by atoms with van der Waals surface area (Å²) < 4.78 is 0. The molecular weight excluding hydrogens is 164 g/mol. The average molecular weight is 184 g/mol. The van der Waals surface area contributed by atoms with Gasteiger partial charge in [0.25, 0.3) is 0 Å². The second kappa shape index (κ2) is 4.61. The van der Waals surface area contributed by atoms with Gasteiger partial charge in [-0.15, -0.1) is 0 Å². The van der Waals surface area contributed by atoms with Crippen molar-refractivity contribution in [2.45, 2.75) is 45.2 Å². The van der Waals surface area contributed by atoms with Gasteiger partial charge in [0, 0.05) is 6.04 Å². The van der Waals surface area contributed by atoms with Gasteiger partial charge in [-0.3, -0.25) is 4.79 Å². The fourth-order valence-corrected chi connectivity index (χ4v) is 1.36. The van der Waals surface area contributed by atoms with Crippen LogP contribution in [0.3, 0.4) is 0 Å². The molecule has 1 amide bonds. The fraction of sp³-hybridized carbons (Fsp3) is 0.900. The summed E-state index contributed by atoms with van der Waals surface area (Å²) in [7, 11) is 1.85. The Balaban J connectivity index is 2.30. The number of hydrogen-bond acceptors (Lipinski definition) is 2. The van der Waals surface area contributed by atoms with Crippen LogP contribution in [0.1, 0.15) is 33.1 Å². The van der Waals surface area contributed by atoms with Gasteiger partial charge in [0.2, 0.25) is 5.91 Å². The van der Waals surface area contributed by atoms with E-state index in [4.69, 9.17) is 0 Å². The number of amides is 1. The minimum absolute atomic E-state index is 0.0133. The molecule has 1 atom stereocenters. The van der Waals surface area contributed by atoms with E-state index < -0.39 is 0 Å². The Bertz CT molecular complexity index is 176. The molecule has 0 bridgehead atoms. The molecule has 0 heterocycles. The molecule has 0 saturated heterocycles. The maximum atomic E-state index is 11.6. The molecule has 0 aromatic heterocycles. The molecule has 1 aliphatic rings. The van der Waals surface area contributed by atoms with Gasteiger partial charge in [0.1, 0.15) is 0 Å². The van der Waals surface area contributed by atoms with Crippen LogP contribution in [0.2, 0.25) is 0 Å². The molecule has 1 aliphatic carbocycles. The minimum atomic E-state index is -0.0133. The summed E-state index contributed by atoms with van der Waals surface area (Å²) in [6.07, 6.45) is 3.22. The van der Waals surface area contributed by atoms with Gasteiger partial charge in [0.15, 0.2) is 0 Å². The number of rotatable bonds is 5. The quantitative estimate of drug-likeness (QED) is 0.666. The monoisotopic (exact) mass is 184 g/mol. The summed E-state index contributed by atoms with van der Waals surface area (Å²) in [5, 5.41) is 6.06. The van der Waals surface area contributed by atoms with E-state index in [1.807, 2.05) is 7.05 Å². The summed E-state index contributed by atoms with van der Waals surface area (Å²) in [6, 6.07) is 0.455. The molecule has 76 valence electrons. The lowest BCUT2D eigenvalue weighted by molar-refractivity contribution is -0.123. The first kappa shape index (κ1) is 10.5. The lowest BCUT2D eigenvalue weighted by Crippen LogP contribution is -2.44. The topological polar surface area (TPSA) is 41.1 Å². The van der Waals surface area contributed by atoms with Crippen LogP contribution in [0.4, 0.5) is 0 Å². The van der Waals surface area contributed by atoms with Gasteiger partial charge in [-0.05, 0) is 32.2 Å². The highest BCUT2D eigenvalue weighted by molar-refractivity contribution is 5.82. The molecule has 0 unspecified atom stereocenters. The summed E-state index contributed by atoms with van der Waals surface area (Å²) in [6.45, 7) is 4.27. The van der Waals surface area contributed by atoms with Gasteiger partial charge in [-0.2, -0.15) is 0 Å². The standard InChI is InChI=1S/C10H20N2O/c1-7(2)6-9(11-3)10(13)12-8-4-5-8/h7-9,11H,4-6H2,1-3H3,(H,12,13)/t9-/m0/s1. The number of likely N-dealkylation sites (N-methyl/N-ethyl adjacent to an activating group) is 1. The van der Waals surface area contributed by atoms with E-state index in [0.29, 0.717) is 12.0 Å². The maximum absolute atomic E-state index is 11.6. The molecule has 2 N–H and O–H groups in total. The van der Waals surface area contributed by atoms with E-state index >= 15 is 0 Å². The molecular formula is C10H20N2O. The zero-order valence-corrected chi connectivity index (χ0v) is 8.76. The highest BCUT2D eigenvalue weighted by Gasteiger charge is 2.26. The van der Waals surface area contributed by atoms with Crippen molar-refractivity contribution < 1.29 is 4.79 Å². The van der Waals surface area contributed by atoms with Crippen LogP contribution >= 0.6 is 0 Å². The van der Waals surface area contributed by atoms with E-state index in [9.17, 15) is 4.79 Å². The van der Waals surface area contributed by atoms with Gasteiger partial charge < -0.3 is 10.6 Å². The Kier molecular flexibility index (Phi) is 3.72. The third kappa shape index (κ3) is 3.77. The molecule has 0 aliphatic heterocycles. The molecule has 1 saturated carbocycles. The van der Waals surface area contributed by atoms with E-state index in [0.717, 1.165) is 19.3 Å². The van der Waals surface area contributed by atoms with E-state index in [2.05, 4.69) is 24.5 Å². The van der Waals surface area contributed by atoms with Gasteiger partial charge in [0.05, 0.1) is 6.04 Å². The number of carbonyl (C=O) groups excluding carboxylic acids is 1. The van der Waals surface area contributed by atoms with E-state index in [1.54, 1.807) is 0 Å². The minimum Gasteiger partial charge on any atom is -0.352 e. The van der Waals surface area contributed by atoms with Crippen molar-refractivity contribution >= 4 is 5.91 Å². The van der Waals surface area contributed by atoms with Crippen LogP contribution in [0, 0.1) is 5.92 Å². The predicted octanol–water partition coefficient (Wildman–Crippen LogP) is 0.899. The summed E-state index contributed by atoms with van der Waals surface area (Å²) in [5.74, 6) is 0.723. The van der Waals surface area contributed by atoms with Crippen LogP contribution in [-0.2, 0) is 4.79 Å². The lowest BCUT2D eigenvalue weighted by Gasteiger charge is -2.17. The largest absolute Gasteiger partial charge is 0.352 e. The SMILES string of the molecule is CN[C@@H](CC(C)C)C(=O)NC1CC1. The van der Waals surface area contributed by atoms with Gasteiger partial charge >= 0.3 is 0 Å². The van der Waals surface area contributed by atoms with Crippen molar-refractivity contribution in [1.29, 1.82) is 0 Å². The Morgan fingerprint density at radius 2 is 2.08 bits per heavy atom. The molecule has 0 aromatic rings. The van der Waals surface area contributed by atoms with Crippen molar-refractivity contribution in [2.75, 3.05) is 7.05 Å². The van der Waals surface area contributed by atoms with Crippen molar-refractivity contribution in [3.8, 4) is 0 Å². The highest BCUT2D eigenvalue weighted by Crippen LogP contribution is 2.19. The number of hydrogen-bond donors (Lipinski definition) is 2. The third-order valence-corrected chi connectivity index (χ3v) is 2.30. The fourth-order valence-electron chi connectivity index (χ4n) is 1.36. The molecule has 3 heteroatoms. The zero-order chi connectivity index (χ0) is 9.84. The summed E-state index contributed by atoms with van der Waals surface area (Å²) >= 11 is 0. The van der Waals surface area contributed by atoms with Crippen LogP contribution in [0.25, 0.3) is 0 Å². The van der Waals surface area contributed by atoms with E-state index in [1.165, 1.54) is 0 Å². The lowest BCUT2D eigenvalue weighted by atomic mass is 10.0. The Labute approximate surface area is 80.3 Å². The molecule has 1 rings (SSSR count). The van der Waals surface area contributed by atoms with Crippen LogP contribution in [0.15, 0.2) is 0 Å². The van der Waals surface area contributed by atoms with Crippen LogP contribution < -0.4 is 10.6 Å². The normalized spacial score (nSPS) is 18.8. The predicted molar refractivity (Wildman–Crippen MR) is 53.5 cm³/mol. The second-order valence-electron chi connectivity index (χ2n) is 4.25. The first-order chi connectivity index (χ1) is 6.13. The van der Waals surface area contributed by atoms with Gasteiger partial charge in [-0.25, -0.2) is 0 Å². The molecule has 0 aromatic carbocycles. The van der Waals surface area contributed by atoms with Crippen LogP contribution in [-0.4, -0.2) is 25.0 Å². The molecule has 1 fully saturated rings. The van der Waals surface area contributed by atoms with E-state index in [-0.39, 0.29) is 11.9 Å². The Morgan fingerprint density at radius 3 is 2.46 bits per heavy atom. The maximum Gasteiger partial charge on any atom is 0.237 e. The first-order valence-electron chi connectivity index (χ1n) is 5.11. The summed E-state index contributed by atoms with van der Waals surface area (Å²) in [4.78, 5) is 11.6. The first-order valence-corrected chi connectivity index (χ1v) is 5.11. The molecule has 0 radical (unpaired) electrons. The number of carbonyl (C=O) groups is 1. The van der Waals surface area contributed by atoms with Crippen molar-refractivity contribution in [2.24, 2.45) is 5.92 Å². The molecule has 13 heavy (non-hydrogen) atoms. The summed E-state index contributed by atoms with van der Waals surface area (Å²) in [5.41, 5.74) is 0. The number of nitrogens with one attached hydrogen (secondary N) is 2. The van der Waals surface area contributed by atoms with Crippen LogP contribution in [0.5, 0.6) is 0 Å². The van der Waals surface area contributed by atoms with Crippen molar-refractivity contribution in [3.63, 3.8) is 0 Å². The smallest absolute Gasteiger partial charge is 0.237 e.